The Hall–Kier alpha value is -4.04. The molecule has 0 radical (unpaired) electrons. The van der Waals surface area contributed by atoms with Gasteiger partial charge in [-0.2, -0.15) is 0 Å². The first kappa shape index (κ1) is 26.6. The minimum absolute atomic E-state index is 0.112. The van der Waals surface area contributed by atoms with Gasteiger partial charge in [0.1, 0.15) is 5.75 Å². The molecule has 3 aromatic carbocycles. The quantitative estimate of drug-likeness (QED) is 0.410. The van der Waals surface area contributed by atoms with E-state index in [1.165, 1.54) is 0 Å². The lowest BCUT2D eigenvalue weighted by molar-refractivity contribution is -0.149. The Morgan fingerprint density at radius 2 is 1.64 bits per heavy atom. The maximum absolute atomic E-state index is 13.5. The van der Waals surface area contributed by atoms with Gasteiger partial charge < -0.3 is 24.3 Å². The van der Waals surface area contributed by atoms with Crippen LogP contribution in [0.2, 0.25) is 0 Å². The van der Waals surface area contributed by atoms with Crippen molar-refractivity contribution in [2.45, 2.75) is 32.7 Å². The van der Waals surface area contributed by atoms with Gasteiger partial charge in [-0.15, -0.1) is 0 Å². The number of amides is 1. The topological polar surface area (TPSA) is 86.3 Å². The van der Waals surface area contributed by atoms with E-state index in [-0.39, 0.29) is 43.8 Å². The Labute approximate surface area is 228 Å². The van der Waals surface area contributed by atoms with Crippen molar-refractivity contribution in [3.63, 3.8) is 0 Å². The SMILES string of the molecule is CCOC(=O)[C@@H]1[C@@H](c2ccc3c(c2)OCO3)CN(CC(=O)Nc2cc(C)cc(C)c2)[C@H]1c1ccc(OC)cc1. The fourth-order valence-electron chi connectivity index (χ4n) is 5.73. The Bertz CT molecular complexity index is 1340. The molecule has 0 aromatic heterocycles. The van der Waals surface area contributed by atoms with Crippen LogP contribution in [0.1, 0.15) is 41.1 Å². The molecule has 2 heterocycles. The molecule has 39 heavy (non-hydrogen) atoms. The number of nitrogens with one attached hydrogen (secondary N) is 1. The number of hydrogen-bond donors (Lipinski definition) is 1. The van der Waals surface area contributed by atoms with Crippen molar-refractivity contribution in [2.24, 2.45) is 5.92 Å². The Kier molecular flexibility index (Phi) is 7.74. The summed E-state index contributed by atoms with van der Waals surface area (Å²) in [6, 6.07) is 19.0. The summed E-state index contributed by atoms with van der Waals surface area (Å²) >= 11 is 0. The Morgan fingerprint density at radius 3 is 2.33 bits per heavy atom. The highest BCUT2D eigenvalue weighted by molar-refractivity contribution is 5.92. The van der Waals surface area contributed by atoms with E-state index in [2.05, 4.69) is 16.3 Å². The average Bonchev–Trinajstić information content (AvgIpc) is 3.52. The van der Waals surface area contributed by atoms with Gasteiger partial charge >= 0.3 is 5.97 Å². The van der Waals surface area contributed by atoms with Crippen molar-refractivity contribution in [2.75, 3.05) is 38.9 Å². The molecule has 0 saturated carbocycles. The molecule has 0 aliphatic carbocycles. The standard InChI is InChI=1S/C31H34N2O6/c1-5-37-31(35)29-25(22-8-11-26-27(15-22)39-18-38-26)16-33(30(29)21-6-9-24(36-4)10-7-21)17-28(34)32-23-13-19(2)12-20(3)14-23/h6-15,25,29-30H,5,16-18H2,1-4H3,(H,32,34)/t25-,29-,30+/m1/s1. The molecule has 0 spiro atoms. The zero-order valence-electron chi connectivity index (χ0n) is 22.7. The molecule has 204 valence electrons. The zero-order chi connectivity index (χ0) is 27.5. The zero-order valence-corrected chi connectivity index (χ0v) is 22.7. The van der Waals surface area contributed by atoms with Crippen LogP contribution in [0.25, 0.3) is 0 Å². The number of benzene rings is 3. The molecule has 8 heteroatoms. The minimum Gasteiger partial charge on any atom is -0.497 e. The Balaban J connectivity index is 1.50. The van der Waals surface area contributed by atoms with Gasteiger partial charge in [0.25, 0.3) is 0 Å². The predicted molar refractivity (Wildman–Crippen MR) is 147 cm³/mol. The number of aryl methyl sites for hydroxylation is 2. The van der Waals surface area contributed by atoms with Crippen LogP contribution in [0, 0.1) is 19.8 Å². The van der Waals surface area contributed by atoms with E-state index >= 15 is 0 Å². The number of rotatable bonds is 8. The highest BCUT2D eigenvalue weighted by Crippen LogP contribution is 2.48. The number of esters is 1. The van der Waals surface area contributed by atoms with Crippen molar-refractivity contribution >= 4 is 17.6 Å². The number of nitrogens with zero attached hydrogens (tertiary/aromatic N) is 1. The van der Waals surface area contributed by atoms with Crippen LogP contribution in [-0.2, 0) is 14.3 Å². The second-order valence-corrected chi connectivity index (χ2v) is 10.1. The van der Waals surface area contributed by atoms with Crippen molar-refractivity contribution in [3.05, 3.63) is 82.9 Å². The van der Waals surface area contributed by atoms with Crippen LogP contribution in [0.5, 0.6) is 17.2 Å². The summed E-state index contributed by atoms with van der Waals surface area (Å²) in [6.45, 7) is 6.85. The maximum atomic E-state index is 13.5. The van der Waals surface area contributed by atoms with Gasteiger partial charge in [0.05, 0.1) is 26.2 Å². The van der Waals surface area contributed by atoms with Crippen LogP contribution in [0.3, 0.4) is 0 Å². The van der Waals surface area contributed by atoms with Gasteiger partial charge in [0.15, 0.2) is 11.5 Å². The van der Waals surface area contributed by atoms with Gasteiger partial charge in [0, 0.05) is 24.2 Å². The fourth-order valence-corrected chi connectivity index (χ4v) is 5.73. The van der Waals surface area contributed by atoms with Crippen LogP contribution in [0.15, 0.2) is 60.7 Å². The van der Waals surface area contributed by atoms with E-state index in [1.54, 1.807) is 14.0 Å². The molecule has 1 fully saturated rings. The van der Waals surface area contributed by atoms with E-state index in [4.69, 9.17) is 18.9 Å². The van der Waals surface area contributed by atoms with Crippen LogP contribution >= 0.6 is 0 Å². The van der Waals surface area contributed by atoms with Gasteiger partial charge in [-0.05, 0) is 79.4 Å². The largest absolute Gasteiger partial charge is 0.497 e. The van der Waals surface area contributed by atoms with E-state index in [0.29, 0.717) is 18.0 Å². The maximum Gasteiger partial charge on any atom is 0.311 e. The minimum atomic E-state index is -0.535. The lowest BCUT2D eigenvalue weighted by Crippen LogP contribution is -2.35. The molecule has 1 amide bonds. The summed E-state index contributed by atoms with van der Waals surface area (Å²) < 4.78 is 22.1. The number of carbonyl (C=O) groups excluding carboxylic acids is 2. The second kappa shape index (κ2) is 11.4. The Morgan fingerprint density at radius 1 is 0.949 bits per heavy atom. The molecule has 1 N–H and O–H groups in total. The second-order valence-electron chi connectivity index (χ2n) is 10.1. The summed E-state index contributed by atoms with van der Waals surface area (Å²) in [5, 5.41) is 3.05. The first-order valence-corrected chi connectivity index (χ1v) is 13.2. The van der Waals surface area contributed by atoms with E-state index in [9.17, 15) is 9.59 Å². The van der Waals surface area contributed by atoms with E-state index in [1.807, 2.05) is 68.4 Å². The van der Waals surface area contributed by atoms with Gasteiger partial charge in [0.2, 0.25) is 12.7 Å². The number of likely N-dealkylation sites (tertiary alicyclic amines) is 1. The normalized spacial score (nSPS) is 20.1. The van der Waals surface area contributed by atoms with Crippen molar-refractivity contribution in [1.29, 1.82) is 0 Å². The highest BCUT2D eigenvalue weighted by Gasteiger charge is 2.48. The summed E-state index contributed by atoms with van der Waals surface area (Å²) in [7, 11) is 1.62. The summed E-state index contributed by atoms with van der Waals surface area (Å²) in [5.74, 6) is 0.858. The van der Waals surface area contributed by atoms with Crippen molar-refractivity contribution < 1.29 is 28.5 Å². The molecule has 1 saturated heterocycles. The van der Waals surface area contributed by atoms with E-state index < -0.39 is 5.92 Å². The average molecular weight is 531 g/mol. The smallest absolute Gasteiger partial charge is 0.311 e. The van der Waals surface area contributed by atoms with Gasteiger partial charge in [-0.25, -0.2) is 0 Å². The third kappa shape index (κ3) is 5.71. The lowest BCUT2D eigenvalue weighted by atomic mass is 9.82. The fraction of sp³-hybridized carbons (Fsp3) is 0.355. The highest BCUT2D eigenvalue weighted by atomic mass is 16.7. The molecule has 2 aliphatic heterocycles. The number of anilines is 1. The first-order valence-electron chi connectivity index (χ1n) is 13.2. The molecule has 5 rings (SSSR count). The monoisotopic (exact) mass is 530 g/mol. The van der Waals surface area contributed by atoms with Crippen molar-refractivity contribution in [3.8, 4) is 17.2 Å². The predicted octanol–water partition coefficient (Wildman–Crippen LogP) is 5.00. The molecule has 2 aliphatic rings. The molecule has 3 aromatic rings. The summed E-state index contributed by atoms with van der Waals surface area (Å²) in [5.41, 5.74) is 4.76. The molecule has 0 bridgehead atoms. The number of ether oxygens (including phenoxy) is 4. The molecule has 3 atom stereocenters. The first-order chi connectivity index (χ1) is 18.9. The van der Waals surface area contributed by atoms with Crippen LogP contribution in [0.4, 0.5) is 5.69 Å². The van der Waals surface area contributed by atoms with E-state index in [0.717, 1.165) is 33.7 Å². The summed E-state index contributed by atoms with van der Waals surface area (Å²) in [4.78, 5) is 28.9. The third-order valence-electron chi connectivity index (χ3n) is 7.29. The van der Waals surface area contributed by atoms with Crippen LogP contribution < -0.4 is 19.5 Å². The molecular formula is C31H34N2O6. The van der Waals surface area contributed by atoms with Gasteiger partial charge in [-0.3, -0.25) is 14.5 Å². The molecule has 8 nitrogen and oxygen atoms in total. The number of hydrogen-bond acceptors (Lipinski definition) is 7. The van der Waals surface area contributed by atoms with Gasteiger partial charge in [-0.1, -0.05) is 24.3 Å². The number of fused-ring (bicyclic) bond motifs is 1. The van der Waals surface area contributed by atoms with Crippen molar-refractivity contribution in [1.82, 2.24) is 4.90 Å². The number of methoxy groups -OCH3 is 1. The van der Waals surface area contributed by atoms with Crippen LogP contribution in [-0.4, -0.2) is 50.4 Å². The molecule has 0 unspecified atom stereocenters. The summed E-state index contributed by atoms with van der Waals surface area (Å²) in [6.07, 6.45) is 0. The lowest BCUT2D eigenvalue weighted by Gasteiger charge is -2.28. The molecular weight excluding hydrogens is 496 g/mol. The third-order valence-corrected chi connectivity index (χ3v) is 7.29. The number of carbonyl (C=O) groups is 2.